The fourth-order valence-corrected chi connectivity index (χ4v) is 3.70. The van der Waals surface area contributed by atoms with Gasteiger partial charge in [0.05, 0.1) is 24.2 Å². The molecule has 1 atom stereocenters. The van der Waals surface area contributed by atoms with Crippen molar-refractivity contribution in [2.75, 3.05) is 0 Å². The summed E-state index contributed by atoms with van der Waals surface area (Å²) in [4.78, 5) is 16.6. The van der Waals surface area contributed by atoms with Gasteiger partial charge in [-0.3, -0.25) is 4.79 Å². The van der Waals surface area contributed by atoms with Gasteiger partial charge in [0.25, 0.3) is 0 Å². The third-order valence-electron chi connectivity index (χ3n) is 5.01. The molecule has 1 aliphatic carbocycles. The van der Waals surface area contributed by atoms with Crippen LogP contribution < -0.4 is 10.1 Å². The highest BCUT2D eigenvalue weighted by atomic mass is 16.5. The number of carbonyl (C=O) groups is 1. The van der Waals surface area contributed by atoms with Crippen LogP contribution in [0.2, 0.25) is 0 Å². The topological polar surface area (TPSA) is 56.1 Å². The number of amides is 1. The van der Waals surface area contributed by atoms with Crippen molar-refractivity contribution in [2.45, 2.75) is 38.8 Å². The van der Waals surface area contributed by atoms with Gasteiger partial charge in [-0.05, 0) is 61.6 Å². The van der Waals surface area contributed by atoms with Gasteiger partial charge >= 0.3 is 0 Å². The van der Waals surface area contributed by atoms with Crippen molar-refractivity contribution in [1.82, 2.24) is 14.9 Å². The van der Waals surface area contributed by atoms with E-state index in [9.17, 15) is 4.79 Å². The van der Waals surface area contributed by atoms with Crippen LogP contribution in [0.15, 0.2) is 67.3 Å². The molecule has 0 aliphatic heterocycles. The number of ether oxygens (including phenoxy) is 1. The molecule has 1 heterocycles. The van der Waals surface area contributed by atoms with Crippen LogP contribution in [0.3, 0.4) is 0 Å². The smallest absolute Gasteiger partial charge is 0.244 e. The van der Waals surface area contributed by atoms with Crippen molar-refractivity contribution in [2.24, 2.45) is 0 Å². The van der Waals surface area contributed by atoms with E-state index in [0.29, 0.717) is 0 Å². The number of nitrogens with one attached hydrogen (secondary N) is 1. The third-order valence-corrected chi connectivity index (χ3v) is 5.01. The molecule has 4 rings (SSSR count). The van der Waals surface area contributed by atoms with Gasteiger partial charge in [-0.25, -0.2) is 4.98 Å². The summed E-state index contributed by atoms with van der Waals surface area (Å²) in [6.07, 6.45) is 10.8. The van der Waals surface area contributed by atoms with Gasteiger partial charge in [0, 0.05) is 18.5 Å². The summed E-state index contributed by atoms with van der Waals surface area (Å²) in [6.45, 7) is 3.99. The fourth-order valence-electron chi connectivity index (χ4n) is 3.70. The molecular weight excluding hydrogens is 362 g/mol. The quantitative estimate of drug-likeness (QED) is 0.635. The molecule has 1 unspecified atom stereocenters. The zero-order valence-corrected chi connectivity index (χ0v) is 16.7. The summed E-state index contributed by atoms with van der Waals surface area (Å²) < 4.78 is 7.89. The molecule has 1 amide bonds. The number of nitrogens with zero attached hydrogens (tertiary/aromatic N) is 2. The number of carbonyl (C=O) groups excluding carboxylic acids is 1. The van der Waals surface area contributed by atoms with E-state index in [1.54, 1.807) is 18.6 Å². The number of rotatable bonds is 6. The zero-order chi connectivity index (χ0) is 20.2. The Labute approximate surface area is 171 Å². The Morgan fingerprint density at radius 1 is 1.28 bits per heavy atom. The first-order chi connectivity index (χ1) is 14.1. The van der Waals surface area contributed by atoms with Gasteiger partial charge in [0.15, 0.2) is 0 Å². The Hall–Kier alpha value is -3.34. The Bertz CT molecular complexity index is 1020. The maximum Gasteiger partial charge on any atom is 0.244 e. The van der Waals surface area contributed by atoms with E-state index in [-0.39, 0.29) is 18.1 Å². The molecule has 1 aromatic heterocycles. The van der Waals surface area contributed by atoms with Crippen LogP contribution in [0.1, 0.15) is 43.0 Å². The van der Waals surface area contributed by atoms with Crippen LogP contribution in [-0.2, 0) is 11.2 Å². The maximum atomic E-state index is 12.5. The first-order valence-electron chi connectivity index (χ1n) is 9.95. The van der Waals surface area contributed by atoms with E-state index < -0.39 is 0 Å². The maximum absolute atomic E-state index is 12.5. The first-order valence-corrected chi connectivity index (χ1v) is 9.95. The van der Waals surface area contributed by atoms with E-state index >= 15 is 0 Å². The Balaban J connectivity index is 1.48. The molecule has 1 aliphatic rings. The fraction of sp³-hybridized carbons (Fsp3) is 0.250. The molecule has 1 N–H and O–H groups in total. The molecule has 0 saturated carbocycles. The van der Waals surface area contributed by atoms with Gasteiger partial charge < -0.3 is 14.6 Å². The largest absolute Gasteiger partial charge is 0.489 e. The van der Waals surface area contributed by atoms with Crippen LogP contribution in [0.25, 0.3) is 11.8 Å². The second-order valence-corrected chi connectivity index (χ2v) is 7.50. The Morgan fingerprint density at radius 3 is 2.93 bits per heavy atom. The molecular formula is C24H25N3O2. The van der Waals surface area contributed by atoms with Gasteiger partial charge in [-0.15, -0.1) is 0 Å². The summed E-state index contributed by atoms with van der Waals surface area (Å²) in [5, 5.41) is 3.12. The van der Waals surface area contributed by atoms with Crippen molar-refractivity contribution >= 4 is 12.0 Å². The number of hydrogen-bond donors (Lipinski definition) is 1. The van der Waals surface area contributed by atoms with Crippen LogP contribution in [-0.4, -0.2) is 21.6 Å². The molecule has 5 nitrogen and oxygen atoms in total. The molecule has 2 aromatic carbocycles. The van der Waals surface area contributed by atoms with Crippen molar-refractivity contribution < 1.29 is 9.53 Å². The summed E-state index contributed by atoms with van der Waals surface area (Å²) >= 11 is 0. The van der Waals surface area contributed by atoms with E-state index in [2.05, 4.69) is 22.4 Å². The van der Waals surface area contributed by atoms with Crippen molar-refractivity contribution in [3.8, 4) is 11.4 Å². The molecule has 5 heteroatoms. The van der Waals surface area contributed by atoms with Gasteiger partial charge in [-0.2, -0.15) is 0 Å². The van der Waals surface area contributed by atoms with E-state index in [1.165, 1.54) is 11.1 Å². The van der Waals surface area contributed by atoms with Crippen molar-refractivity contribution in [3.05, 3.63) is 84.0 Å². The Morgan fingerprint density at radius 2 is 2.14 bits per heavy atom. The lowest BCUT2D eigenvalue weighted by molar-refractivity contribution is -0.117. The average Bonchev–Trinajstić information content (AvgIpc) is 3.37. The van der Waals surface area contributed by atoms with Crippen LogP contribution >= 0.6 is 0 Å². The minimum Gasteiger partial charge on any atom is -0.489 e. The minimum absolute atomic E-state index is 0.0437. The number of aromatic nitrogens is 2. The highest BCUT2D eigenvalue weighted by molar-refractivity contribution is 5.92. The third kappa shape index (κ3) is 4.40. The summed E-state index contributed by atoms with van der Waals surface area (Å²) in [6, 6.07) is 14.3. The average molecular weight is 387 g/mol. The molecule has 0 saturated heterocycles. The number of hydrogen-bond acceptors (Lipinski definition) is 3. The van der Waals surface area contributed by atoms with Gasteiger partial charge in [0.2, 0.25) is 5.91 Å². The number of fused-ring (bicyclic) bond motifs is 1. The lowest BCUT2D eigenvalue weighted by Crippen LogP contribution is -2.25. The molecule has 0 radical (unpaired) electrons. The molecule has 148 valence electrons. The van der Waals surface area contributed by atoms with E-state index in [0.717, 1.165) is 29.8 Å². The molecule has 0 fully saturated rings. The highest BCUT2D eigenvalue weighted by Gasteiger charge is 2.22. The monoisotopic (exact) mass is 387 g/mol. The number of imidazole rings is 1. The molecule has 29 heavy (non-hydrogen) atoms. The predicted octanol–water partition coefficient (Wildman–Crippen LogP) is 4.48. The SMILES string of the molecule is CC(C)Oc1cc(C=CC(=O)NC2CCc3ccccc32)ccc1-n1ccnc1. The minimum atomic E-state index is -0.0864. The molecule has 0 bridgehead atoms. The standard InChI is InChI=1S/C24H25N3O2/c1-17(2)29-23-15-18(7-11-22(23)27-14-13-25-16-27)8-12-24(28)26-21-10-9-19-5-3-4-6-20(19)21/h3-8,11-17,21H,9-10H2,1-2H3,(H,26,28). The first kappa shape index (κ1) is 19.0. The zero-order valence-electron chi connectivity index (χ0n) is 16.7. The normalized spacial score (nSPS) is 15.6. The molecule has 3 aromatic rings. The van der Waals surface area contributed by atoms with Crippen molar-refractivity contribution in [3.63, 3.8) is 0 Å². The van der Waals surface area contributed by atoms with E-state index in [4.69, 9.17) is 4.74 Å². The van der Waals surface area contributed by atoms with E-state index in [1.807, 2.05) is 61.0 Å². The van der Waals surface area contributed by atoms with Gasteiger partial charge in [0.1, 0.15) is 5.75 Å². The lowest BCUT2D eigenvalue weighted by Gasteiger charge is -2.15. The van der Waals surface area contributed by atoms with Crippen LogP contribution in [0, 0.1) is 0 Å². The van der Waals surface area contributed by atoms with Crippen LogP contribution in [0.5, 0.6) is 5.75 Å². The van der Waals surface area contributed by atoms with Gasteiger partial charge in [-0.1, -0.05) is 30.3 Å². The second-order valence-electron chi connectivity index (χ2n) is 7.50. The van der Waals surface area contributed by atoms with Crippen LogP contribution in [0.4, 0.5) is 0 Å². The summed E-state index contributed by atoms with van der Waals surface area (Å²) in [5.41, 5.74) is 4.38. The lowest BCUT2D eigenvalue weighted by atomic mass is 10.1. The molecule has 0 spiro atoms. The second kappa shape index (κ2) is 8.35. The Kier molecular flexibility index (Phi) is 5.47. The summed E-state index contributed by atoms with van der Waals surface area (Å²) in [5.74, 6) is 0.669. The van der Waals surface area contributed by atoms with Crippen molar-refractivity contribution in [1.29, 1.82) is 0 Å². The highest BCUT2D eigenvalue weighted by Crippen LogP contribution is 2.30. The predicted molar refractivity (Wildman–Crippen MR) is 114 cm³/mol. The summed E-state index contributed by atoms with van der Waals surface area (Å²) in [7, 11) is 0. The number of benzene rings is 2. The number of aryl methyl sites for hydroxylation is 1.